The molecule has 222 valence electrons. The molecule has 0 aliphatic rings. The van der Waals surface area contributed by atoms with Gasteiger partial charge >= 0.3 is 6.18 Å². The monoisotopic (exact) mass is 588 g/mol. The van der Waals surface area contributed by atoms with Crippen molar-refractivity contribution in [2.45, 2.75) is 13.1 Å². The number of nitrogens with zero attached hydrogens (tertiary/aromatic N) is 6. The van der Waals surface area contributed by atoms with E-state index in [1.807, 2.05) is 54.9 Å². The SMILES string of the molecule is Cc1ccc(NC(=O)c2ccc(N(C)CCN(C)C)c(C(F)(F)F)c2)cc1-c1cc2c(ccn2-c2cc(N)ncn2)cn1. The number of aromatic nitrogens is 4. The van der Waals surface area contributed by atoms with Crippen LogP contribution in [-0.2, 0) is 6.18 Å². The Hall–Kier alpha value is -4.97. The van der Waals surface area contributed by atoms with Crippen molar-refractivity contribution < 1.29 is 18.0 Å². The van der Waals surface area contributed by atoms with E-state index in [0.717, 1.165) is 28.1 Å². The number of likely N-dealkylation sites (N-methyl/N-ethyl adjacent to an activating group) is 2. The highest BCUT2D eigenvalue weighted by molar-refractivity contribution is 6.05. The first-order chi connectivity index (χ1) is 20.4. The van der Waals surface area contributed by atoms with Crippen molar-refractivity contribution in [3.63, 3.8) is 0 Å². The van der Waals surface area contributed by atoms with Gasteiger partial charge in [0.25, 0.3) is 5.91 Å². The molecule has 0 unspecified atom stereocenters. The first kappa shape index (κ1) is 29.5. The maximum Gasteiger partial charge on any atom is 0.418 e. The van der Waals surface area contributed by atoms with Crippen LogP contribution in [0, 0.1) is 6.92 Å². The predicted molar refractivity (Wildman–Crippen MR) is 162 cm³/mol. The van der Waals surface area contributed by atoms with E-state index in [-0.39, 0.29) is 11.3 Å². The van der Waals surface area contributed by atoms with Crippen molar-refractivity contribution in [2.24, 2.45) is 0 Å². The van der Waals surface area contributed by atoms with Gasteiger partial charge in [-0.15, -0.1) is 0 Å². The van der Waals surface area contributed by atoms with E-state index >= 15 is 0 Å². The Morgan fingerprint density at radius 2 is 1.77 bits per heavy atom. The van der Waals surface area contributed by atoms with Crippen LogP contribution in [0.2, 0.25) is 0 Å². The standard InChI is InChI=1S/C31H31F3N8O/c1-19-5-7-22(39-30(43)20-6-8-26(24(13-20)31(32,33)34)41(4)12-11-40(2)3)14-23(19)25-15-27-21(17-36-25)9-10-42(27)29-16-28(35)37-18-38-29/h5-10,13-18H,11-12H2,1-4H3,(H,39,43)(H2,35,37,38). The second-order valence-electron chi connectivity index (χ2n) is 10.6. The number of hydrogen-bond acceptors (Lipinski definition) is 7. The molecule has 3 aromatic heterocycles. The normalized spacial score (nSPS) is 11.7. The molecule has 0 fully saturated rings. The molecule has 1 amide bonds. The van der Waals surface area contributed by atoms with Crippen molar-refractivity contribution in [3.05, 3.63) is 90.0 Å². The lowest BCUT2D eigenvalue weighted by atomic mass is 10.0. The summed E-state index contributed by atoms with van der Waals surface area (Å²) in [5.74, 6) is 0.292. The van der Waals surface area contributed by atoms with Crippen LogP contribution in [0.5, 0.6) is 0 Å². The molecular formula is C31H31F3N8O. The van der Waals surface area contributed by atoms with E-state index < -0.39 is 17.6 Å². The van der Waals surface area contributed by atoms with Gasteiger partial charge in [-0.05, 0) is 69.0 Å². The van der Waals surface area contributed by atoms with Crippen LogP contribution < -0.4 is 16.0 Å². The summed E-state index contributed by atoms with van der Waals surface area (Å²) in [5, 5.41) is 3.64. The maximum absolute atomic E-state index is 14.0. The van der Waals surface area contributed by atoms with Crippen molar-refractivity contribution in [2.75, 3.05) is 50.2 Å². The summed E-state index contributed by atoms with van der Waals surface area (Å²) in [5.41, 5.74) is 8.47. The average molecular weight is 589 g/mol. The molecule has 5 rings (SSSR count). The third-order valence-electron chi connectivity index (χ3n) is 7.12. The second-order valence-corrected chi connectivity index (χ2v) is 10.6. The Balaban J connectivity index is 1.43. The van der Waals surface area contributed by atoms with Crippen LogP contribution in [-0.4, -0.2) is 64.6 Å². The number of amides is 1. The van der Waals surface area contributed by atoms with Gasteiger partial charge in [-0.2, -0.15) is 13.2 Å². The predicted octanol–water partition coefficient (Wildman–Crippen LogP) is 5.64. The topological polar surface area (TPSA) is 105 Å². The quantitative estimate of drug-likeness (QED) is 0.242. The highest BCUT2D eigenvalue weighted by atomic mass is 19.4. The lowest BCUT2D eigenvalue weighted by Crippen LogP contribution is -2.30. The van der Waals surface area contributed by atoms with E-state index in [2.05, 4.69) is 20.3 Å². The molecule has 3 N–H and O–H groups in total. The molecule has 0 aliphatic carbocycles. The molecule has 0 saturated carbocycles. The molecule has 43 heavy (non-hydrogen) atoms. The molecule has 0 radical (unpaired) electrons. The van der Waals surface area contributed by atoms with Crippen LogP contribution in [0.3, 0.4) is 0 Å². The minimum Gasteiger partial charge on any atom is -0.384 e. The second kappa shape index (κ2) is 11.7. The minimum atomic E-state index is -4.63. The summed E-state index contributed by atoms with van der Waals surface area (Å²) >= 11 is 0. The fraction of sp³-hybridized carbons (Fsp3) is 0.226. The summed E-state index contributed by atoms with van der Waals surface area (Å²) in [4.78, 5) is 29.5. The number of nitrogens with two attached hydrogens (primary N) is 1. The lowest BCUT2D eigenvalue weighted by Gasteiger charge is -2.25. The van der Waals surface area contributed by atoms with E-state index in [1.165, 1.54) is 23.4 Å². The first-order valence-electron chi connectivity index (χ1n) is 13.4. The molecule has 5 aromatic rings. The zero-order chi connectivity index (χ0) is 30.9. The number of anilines is 3. The Kier molecular flexibility index (Phi) is 8.05. The van der Waals surface area contributed by atoms with Gasteiger partial charge < -0.3 is 25.4 Å². The number of hydrogen-bond donors (Lipinski definition) is 2. The number of nitrogens with one attached hydrogen (secondary N) is 1. The van der Waals surface area contributed by atoms with Gasteiger partial charge in [0, 0.05) is 66.5 Å². The number of fused-ring (bicyclic) bond motifs is 1. The lowest BCUT2D eigenvalue weighted by molar-refractivity contribution is -0.137. The van der Waals surface area contributed by atoms with Gasteiger partial charge in [-0.1, -0.05) is 6.07 Å². The molecule has 0 bridgehead atoms. The number of halogens is 3. The van der Waals surface area contributed by atoms with Crippen molar-refractivity contribution in [1.82, 2.24) is 24.4 Å². The summed E-state index contributed by atoms with van der Waals surface area (Å²) in [6, 6.07) is 14.4. The molecule has 0 atom stereocenters. The van der Waals surface area contributed by atoms with Crippen LogP contribution >= 0.6 is 0 Å². The van der Waals surface area contributed by atoms with E-state index in [4.69, 9.17) is 5.73 Å². The molecule has 3 heterocycles. The number of carbonyl (C=O) groups is 1. The summed E-state index contributed by atoms with van der Waals surface area (Å²) in [7, 11) is 5.31. The van der Waals surface area contributed by atoms with Crippen LogP contribution in [0.1, 0.15) is 21.5 Å². The number of aryl methyl sites for hydroxylation is 1. The number of alkyl halides is 3. The summed E-state index contributed by atoms with van der Waals surface area (Å²) in [6.07, 6.45) is 0.367. The highest BCUT2D eigenvalue weighted by Crippen LogP contribution is 2.37. The van der Waals surface area contributed by atoms with E-state index in [9.17, 15) is 18.0 Å². The van der Waals surface area contributed by atoms with Crippen molar-refractivity contribution in [3.8, 4) is 17.1 Å². The van der Waals surface area contributed by atoms with Crippen molar-refractivity contribution in [1.29, 1.82) is 0 Å². The fourth-order valence-corrected chi connectivity index (χ4v) is 4.75. The van der Waals surface area contributed by atoms with Crippen LogP contribution in [0.15, 0.2) is 73.3 Å². The van der Waals surface area contributed by atoms with Gasteiger partial charge in [0.05, 0.1) is 16.8 Å². The fourth-order valence-electron chi connectivity index (χ4n) is 4.75. The number of pyridine rings is 1. The summed E-state index contributed by atoms with van der Waals surface area (Å²) in [6.45, 7) is 2.89. The molecule has 2 aromatic carbocycles. The number of nitrogen functional groups attached to an aromatic ring is 1. The van der Waals surface area contributed by atoms with Gasteiger partial charge in [0.1, 0.15) is 18.0 Å². The minimum absolute atomic E-state index is 0.0133. The summed E-state index contributed by atoms with van der Waals surface area (Å²) < 4.78 is 43.9. The van der Waals surface area contributed by atoms with Crippen LogP contribution in [0.4, 0.5) is 30.4 Å². The maximum atomic E-state index is 14.0. The molecule has 0 aliphatic heterocycles. The molecule has 0 spiro atoms. The van der Waals surface area contributed by atoms with Gasteiger partial charge in [-0.3, -0.25) is 9.78 Å². The average Bonchev–Trinajstić information content (AvgIpc) is 3.39. The Labute approximate surface area is 246 Å². The first-order valence-corrected chi connectivity index (χ1v) is 13.4. The molecule has 0 saturated heterocycles. The smallest absolute Gasteiger partial charge is 0.384 e. The van der Waals surface area contributed by atoms with E-state index in [0.29, 0.717) is 36.1 Å². The highest BCUT2D eigenvalue weighted by Gasteiger charge is 2.35. The van der Waals surface area contributed by atoms with E-state index in [1.54, 1.807) is 31.4 Å². The molecule has 12 heteroatoms. The zero-order valence-corrected chi connectivity index (χ0v) is 24.1. The Morgan fingerprint density at radius 3 is 2.49 bits per heavy atom. The van der Waals surface area contributed by atoms with Crippen LogP contribution in [0.25, 0.3) is 28.0 Å². The molecule has 9 nitrogen and oxygen atoms in total. The number of carbonyl (C=O) groups excluding carboxylic acids is 1. The van der Waals surface area contributed by atoms with Crippen molar-refractivity contribution >= 4 is 34.0 Å². The Bertz CT molecular complexity index is 1800. The third kappa shape index (κ3) is 6.44. The number of benzene rings is 2. The number of rotatable bonds is 8. The largest absolute Gasteiger partial charge is 0.418 e. The Morgan fingerprint density at radius 1 is 0.977 bits per heavy atom. The zero-order valence-electron chi connectivity index (χ0n) is 24.1. The van der Waals surface area contributed by atoms with Gasteiger partial charge in [0.2, 0.25) is 0 Å². The molecular weight excluding hydrogens is 557 g/mol. The third-order valence-corrected chi connectivity index (χ3v) is 7.12. The van der Waals surface area contributed by atoms with Gasteiger partial charge in [-0.25, -0.2) is 9.97 Å². The van der Waals surface area contributed by atoms with Gasteiger partial charge in [0.15, 0.2) is 0 Å².